The second kappa shape index (κ2) is 4.38. The fraction of sp³-hybridized carbons (Fsp3) is 0.800. The van der Waals surface area contributed by atoms with E-state index in [0.717, 1.165) is 0 Å². The van der Waals surface area contributed by atoms with Gasteiger partial charge in [0.1, 0.15) is 6.29 Å². The lowest BCUT2D eigenvalue weighted by atomic mass is 10.3. The molecule has 0 saturated carbocycles. The Morgan fingerprint density at radius 2 is 2.22 bits per heavy atom. The normalized spacial score (nSPS) is 13.8. The molecule has 0 aliphatic rings. The van der Waals surface area contributed by atoms with Crippen LogP contribution in [0.15, 0.2) is 0 Å². The Kier molecular flexibility index (Phi) is 4.13. The van der Waals surface area contributed by atoms with Gasteiger partial charge in [-0.15, -0.1) is 0 Å². The molecule has 9 heavy (non-hydrogen) atoms. The van der Waals surface area contributed by atoms with Crippen molar-refractivity contribution in [2.24, 2.45) is 0 Å². The minimum atomic E-state index is -2.78. The highest BCUT2D eigenvalue weighted by Crippen LogP contribution is 2.02. The Hall–Kier alpha value is -0.510. The van der Waals surface area contributed by atoms with Crippen LogP contribution in [0.1, 0.15) is 13.3 Å². The van der Waals surface area contributed by atoms with Gasteiger partial charge in [-0.05, 0) is 6.92 Å². The summed E-state index contributed by atoms with van der Waals surface area (Å²) in [6.45, 7) is -1.36. The van der Waals surface area contributed by atoms with Gasteiger partial charge < -0.3 is 9.53 Å². The van der Waals surface area contributed by atoms with Crippen molar-refractivity contribution >= 4 is 6.29 Å². The monoisotopic (exact) mass is 138 g/mol. The first kappa shape index (κ1) is 8.49. The Morgan fingerprint density at radius 1 is 1.67 bits per heavy atom. The Labute approximate surface area is 51.8 Å². The Bertz CT molecular complexity index is 85.0. The first-order chi connectivity index (χ1) is 4.16. The van der Waals surface area contributed by atoms with Gasteiger partial charge in [-0.3, -0.25) is 0 Å². The maximum Gasteiger partial charge on any atom is 0.345 e. The predicted molar refractivity (Wildman–Crippen MR) is 27.2 cm³/mol. The molecule has 0 heterocycles. The van der Waals surface area contributed by atoms with E-state index in [1.165, 1.54) is 6.92 Å². The molecule has 1 atom stereocenters. The number of ether oxygens (including phenoxy) is 1. The average Bonchev–Trinajstić information content (AvgIpc) is 1.63. The highest BCUT2D eigenvalue weighted by Gasteiger charge is 2.07. The molecule has 0 rings (SSSR count). The maximum absolute atomic E-state index is 11.3. The molecular formula is C5H8F2O2. The number of hydrogen-bond donors (Lipinski definition) is 0. The number of hydrogen-bond acceptors (Lipinski definition) is 2. The molecule has 0 aromatic heterocycles. The molecule has 0 amide bonds. The van der Waals surface area contributed by atoms with Crippen molar-refractivity contribution in [2.45, 2.75) is 26.1 Å². The molecule has 2 nitrogen and oxygen atoms in total. The third-order valence-corrected chi connectivity index (χ3v) is 0.763. The second-order valence-corrected chi connectivity index (χ2v) is 1.61. The first-order valence-electron chi connectivity index (χ1n) is 2.54. The zero-order chi connectivity index (χ0) is 7.28. The van der Waals surface area contributed by atoms with Gasteiger partial charge in [-0.25, -0.2) is 0 Å². The van der Waals surface area contributed by atoms with Crippen LogP contribution < -0.4 is 0 Å². The van der Waals surface area contributed by atoms with Crippen molar-refractivity contribution in [1.82, 2.24) is 0 Å². The number of carbonyl (C=O) groups excluding carboxylic acids is 1. The number of halogens is 2. The van der Waals surface area contributed by atoms with Gasteiger partial charge in [-0.2, -0.15) is 8.78 Å². The molecule has 0 aliphatic carbocycles. The van der Waals surface area contributed by atoms with Gasteiger partial charge in [0.2, 0.25) is 0 Å². The van der Waals surface area contributed by atoms with E-state index < -0.39 is 12.7 Å². The van der Waals surface area contributed by atoms with E-state index in [0.29, 0.717) is 6.29 Å². The van der Waals surface area contributed by atoms with Crippen LogP contribution in [-0.2, 0) is 9.53 Å². The largest absolute Gasteiger partial charge is 0.345 e. The predicted octanol–water partition coefficient (Wildman–Crippen LogP) is 1.20. The third kappa shape index (κ3) is 5.36. The van der Waals surface area contributed by atoms with Crippen LogP contribution in [0.25, 0.3) is 0 Å². The van der Waals surface area contributed by atoms with Gasteiger partial charge in [0, 0.05) is 6.42 Å². The van der Waals surface area contributed by atoms with Crippen molar-refractivity contribution in [1.29, 1.82) is 0 Å². The van der Waals surface area contributed by atoms with E-state index in [1.807, 2.05) is 0 Å². The summed E-state index contributed by atoms with van der Waals surface area (Å²) in [5, 5.41) is 0. The average molecular weight is 138 g/mol. The summed E-state index contributed by atoms with van der Waals surface area (Å²) in [7, 11) is 0. The molecule has 0 radical (unpaired) electrons. The zero-order valence-corrected chi connectivity index (χ0v) is 5.01. The molecule has 1 unspecified atom stereocenters. The summed E-state index contributed by atoms with van der Waals surface area (Å²) in [5.41, 5.74) is 0. The maximum atomic E-state index is 11.3. The van der Waals surface area contributed by atoms with Crippen molar-refractivity contribution < 1.29 is 18.3 Å². The summed E-state index contributed by atoms with van der Waals surface area (Å²) < 4.78 is 26.5. The van der Waals surface area contributed by atoms with Gasteiger partial charge in [0.05, 0.1) is 6.10 Å². The summed E-state index contributed by atoms with van der Waals surface area (Å²) in [6, 6.07) is 0. The molecule has 0 aromatic carbocycles. The quantitative estimate of drug-likeness (QED) is 0.545. The fourth-order valence-corrected chi connectivity index (χ4v) is 0.367. The van der Waals surface area contributed by atoms with Crippen LogP contribution >= 0.6 is 0 Å². The minimum absolute atomic E-state index is 0.0182. The van der Waals surface area contributed by atoms with Crippen molar-refractivity contribution in [3.05, 3.63) is 0 Å². The third-order valence-electron chi connectivity index (χ3n) is 0.763. The molecule has 0 saturated heterocycles. The van der Waals surface area contributed by atoms with Crippen molar-refractivity contribution in [2.75, 3.05) is 0 Å². The molecular weight excluding hydrogens is 130 g/mol. The fourth-order valence-electron chi connectivity index (χ4n) is 0.367. The first-order valence-corrected chi connectivity index (χ1v) is 2.54. The molecule has 0 bridgehead atoms. The van der Waals surface area contributed by atoms with E-state index in [9.17, 15) is 13.6 Å². The molecule has 0 aliphatic heterocycles. The van der Waals surface area contributed by atoms with Crippen molar-refractivity contribution in [3.8, 4) is 0 Å². The van der Waals surface area contributed by atoms with Crippen LogP contribution in [0.2, 0.25) is 0 Å². The highest BCUT2D eigenvalue weighted by atomic mass is 19.3. The molecule has 54 valence electrons. The number of aldehydes is 1. The van der Waals surface area contributed by atoms with Crippen LogP contribution in [0.5, 0.6) is 0 Å². The van der Waals surface area contributed by atoms with Crippen LogP contribution in [0.4, 0.5) is 8.78 Å². The lowest BCUT2D eigenvalue weighted by molar-refractivity contribution is -0.159. The molecule has 0 aromatic rings. The van der Waals surface area contributed by atoms with Crippen LogP contribution in [-0.4, -0.2) is 19.0 Å². The Morgan fingerprint density at radius 3 is 2.56 bits per heavy atom. The zero-order valence-electron chi connectivity index (χ0n) is 5.01. The van der Waals surface area contributed by atoms with E-state index in [4.69, 9.17) is 0 Å². The molecule has 0 N–H and O–H groups in total. The van der Waals surface area contributed by atoms with Crippen LogP contribution in [0, 0.1) is 0 Å². The van der Waals surface area contributed by atoms with Crippen LogP contribution in [0.3, 0.4) is 0 Å². The van der Waals surface area contributed by atoms with E-state index in [1.54, 1.807) is 0 Å². The van der Waals surface area contributed by atoms with Crippen molar-refractivity contribution in [3.63, 3.8) is 0 Å². The number of rotatable bonds is 4. The van der Waals surface area contributed by atoms with Gasteiger partial charge in [0.25, 0.3) is 0 Å². The number of carbonyl (C=O) groups is 1. The highest BCUT2D eigenvalue weighted by molar-refractivity contribution is 5.49. The molecule has 0 spiro atoms. The summed E-state index contributed by atoms with van der Waals surface area (Å²) in [4.78, 5) is 9.67. The lowest BCUT2D eigenvalue weighted by Gasteiger charge is -2.06. The number of alkyl halides is 2. The van der Waals surface area contributed by atoms with E-state index >= 15 is 0 Å². The summed E-state index contributed by atoms with van der Waals surface area (Å²) >= 11 is 0. The van der Waals surface area contributed by atoms with Gasteiger partial charge in [-0.1, -0.05) is 0 Å². The molecule has 4 heteroatoms. The smallest absolute Gasteiger partial charge is 0.319 e. The van der Waals surface area contributed by atoms with E-state index in [2.05, 4.69) is 4.74 Å². The minimum Gasteiger partial charge on any atom is -0.319 e. The molecule has 0 fully saturated rings. The Balaban J connectivity index is 3.25. The summed E-state index contributed by atoms with van der Waals surface area (Å²) in [6.07, 6.45) is -0.111. The summed E-state index contributed by atoms with van der Waals surface area (Å²) in [5.74, 6) is 0. The van der Waals surface area contributed by atoms with Gasteiger partial charge in [0.15, 0.2) is 0 Å². The lowest BCUT2D eigenvalue weighted by Crippen LogP contribution is -2.12. The topological polar surface area (TPSA) is 26.3 Å². The SMILES string of the molecule is CC(CC=O)OC(F)F. The second-order valence-electron chi connectivity index (χ2n) is 1.61. The van der Waals surface area contributed by atoms with E-state index in [-0.39, 0.29) is 6.42 Å². The van der Waals surface area contributed by atoms with Gasteiger partial charge >= 0.3 is 6.61 Å². The standard InChI is InChI=1S/C5H8F2O2/c1-4(2-3-8)9-5(6)7/h3-5H,2H2,1H3.